The summed E-state index contributed by atoms with van der Waals surface area (Å²) in [6.45, 7) is 0. The fourth-order valence-electron chi connectivity index (χ4n) is 0. The van der Waals surface area contributed by atoms with Gasteiger partial charge in [0.25, 0.3) is 0 Å². The Morgan fingerprint density at radius 1 is 1.43 bits per heavy atom. The van der Waals surface area contributed by atoms with Crippen LogP contribution in [0.25, 0.3) is 0 Å². The van der Waals surface area contributed by atoms with Crippen molar-refractivity contribution < 1.29 is 59.1 Å². The maximum atomic E-state index is 10.4. The first kappa shape index (κ1) is 15.7. The van der Waals surface area contributed by atoms with Gasteiger partial charge in [-0.1, -0.05) is 0 Å². The van der Waals surface area contributed by atoms with Crippen LogP contribution in [0.1, 0.15) is 2.85 Å². The molecule has 0 aromatic heterocycles. The number of hydrogen-bond donors (Lipinski definition) is 2. The third-order valence-electron chi connectivity index (χ3n) is 0. The third-order valence-corrected chi connectivity index (χ3v) is 0. The molecular weight excluding hydrogens is 112 g/mol. The van der Waals surface area contributed by atoms with E-state index in [9.17, 15) is 4.20 Å². The third kappa shape index (κ3) is 125. The van der Waals surface area contributed by atoms with Crippen LogP contribution in [0.4, 0.5) is 4.20 Å². The number of rotatable bonds is 0. The summed E-state index contributed by atoms with van der Waals surface area (Å²) in [4.78, 5) is 13.9. The largest absolute Gasteiger partial charge is 1.00 e. The molecule has 0 spiro atoms. The van der Waals surface area contributed by atoms with Crippen molar-refractivity contribution >= 4 is 7.91 Å². The van der Waals surface area contributed by atoms with Gasteiger partial charge in [0.2, 0.25) is 0 Å². The second-order valence-corrected chi connectivity index (χ2v) is 1.42. The SMILES string of the molecule is O=P(O)(O)F.[H-].[H-].[Li+].[Li+]. The van der Waals surface area contributed by atoms with Gasteiger partial charge in [0.1, 0.15) is 0 Å². The average molecular weight is 116 g/mol. The van der Waals surface area contributed by atoms with Crippen LogP contribution < -0.4 is 37.7 Å². The zero-order valence-corrected chi connectivity index (χ0v) is 5.02. The summed E-state index contributed by atoms with van der Waals surface area (Å²) in [5.74, 6) is 0. The topological polar surface area (TPSA) is 57.5 Å². The van der Waals surface area contributed by atoms with Gasteiger partial charge in [0.15, 0.2) is 0 Å². The Hall–Kier alpha value is 1.27. The summed E-state index contributed by atoms with van der Waals surface area (Å²) in [6.07, 6.45) is 0. The Balaban J connectivity index is -0.0000000133. The Kier molecular flexibility index (Phi) is 12.2. The molecule has 2 N–H and O–H groups in total. The van der Waals surface area contributed by atoms with E-state index in [2.05, 4.69) is 0 Å². The minimum absolute atomic E-state index is 0. The first-order valence-corrected chi connectivity index (χ1v) is 2.25. The van der Waals surface area contributed by atoms with Crippen molar-refractivity contribution in [3.8, 4) is 0 Å². The molecule has 0 bridgehead atoms. The van der Waals surface area contributed by atoms with Crippen LogP contribution in [0.3, 0.4) is 0 Å². The molecular formula is H4FLi2O3P. The van der Waals surface area contributed by atoms with Gasteiger partial charge in [-0.05, 0) is 0 Å². The van der Waals surface area contributed by atoms with Gasteiger partial charge in [-0.15, -0.1) is 4.20 Å². The van der Waals surface area contributed by atoms with Crippen molar-refractivity contribution in [3.63, 3.8) is 0 Å². The van der Waals surface area contributed by atoms with Crippen molar-refractivity contribution in [2.75, 3.05) is 0 Å². The molecule has 0 aliphatic rings. The fourth-order valence-corrected chi connectivity index (χ4v) is 0. The average Bonchev–Trinajstić information content (AvgIpc) is 0.722. The van der Waals surface area contributed by atoms with Crippen LogP contribution in [-0.2, 0) is 4.57 Å². The molecule has 0 fully saturated rings. The molecule has 0 saturated carbocycles. The Morgan fingerprint density at radius 2 is 1.43 bits per heavy atom. The molecule has 7 heteroatoms. The van der Waals surface area contributed by atoms with Crippen LogP contribution in [0, 0.1) is 0 Å². The van der Waals surface area contributed by atoms with E-state index in [0.717, 1.165) is 0 Å². The summed E-state index contributed by atoms with van der Waals surface area (Å²) in [5, 5.41) is 0. The molecule has 0 radical (unpaired) electrons. The smallest absolute Gasteiger partial charge is 1.00 e. The first-order valence-electron chi connectivity index (χ1n) is 0.752. The van der Waals surface area contributed by atoms with Gasteiger partial charge in [-0.2, -0.15) is 0 Å². The monoisotopic (exact) mass is 116 g/mol. The fraction of sp³-hybridized carbons (Fsp3) is 0. The van der Waals surface area contributed by atoms with Crippen LogP contribution in [0.2, 0.25) is 0 Å². The summed E-state index contributed by atoms with van der Waals surface area (Å²) >= 11 is 0. The Morgan fingerprint density at radius 3 is 1.43 bits per heavy atom. The molecule has 0 aliphatic heterocycles. The minimum Gasteiger partial charge on any atom is -1.00 e. The summed E-state index contributed by atoms with van der Waals surface area (Å²) in [6, 6.07) is 0. The van der Waals surface area contributed by atoms with Gasteiger partial charge in [-0.25, -0.2) is 4.57 Å². The van der Waals surface area contributed by atoms with Gasteiger partial charge >= 0.3 is 45.6 Å². The van der Waals surface area contributed by atoms with E-state index in [1.165, 1.54) is 0 Å². The Labute approximate surface area is 67.3 Å². The van der Waals surface area contributed by atoms with Gasteiger partial charge in [0.05, 0.1) is 0 Å². The van der Waals surface area contributed by atoms with Crippen LogP contribution in [-0.4, -0.2) is 9.79 Å². The quantitative estimate of drug-likeness (QED) is 0.245. The molecule has 0 aromatic carbocycles. The summed E-state index contributed by atoms with van der Waals surface area (Å²) in [5.41, 5.74) is 0. The Bertz CT molecular complexity index is 65.9. The zero-order chi connectivity index (χ0) is 4.50. The molecule has 36 valence electrons. The molecule has 0 unspecified atom stereocenters. The van der Waals surface area contributed by atoms with Crippen LogP contribution in [0.15, 0.2) is 0 Å². The van der Waals surface area contributed by atoms with Gasteiger partial charge in [0, 0.05) is 0 Å². The van der Waals surface area contributed by atoms with E-state index in [1.807, 2.05) is 0 Å². The normalized spacial score (nSPS) is 8.43. The first-order chi connectivity index (χ1) is 2.00. The summed E-state index contributed by atoms with van der Waals surface area (Å²) < 4.78 is 19.0. The molecule has 0 rings (SSSR count). The van der Waals surface area contributed by atoms with E-state index >= 15 is 0 Å². The predicted molar refractivity (Wildman–Crippen MR) is 15.4 cm³/mol. The van der Waals surface area contributed by atoms with Gasteiger partial charge < -0.3 is 2.85 Å². The zero-order valence-electron chi connectivity index (χ0n) is 6.13. The molecule has 7 heavy (non-hydrogen) atoms. The molecule has 0 atom stereocenters. The standard InChI is InChI=1S/FH2O3P.2Li.2H/c1-5(2,3)4;;;;/h(H2,2,3,4);;;;/q;2*+1;2*-1. The molecule has 0 aliphatic carbocycles. The minimum atomic E-state index is -5.14. The van der Waals surface area contributed by atoms with E-state index in [4.69, 9.17) is 14.4 Å². The molecule has 0 heterocycles. The van der Waals surface area contributed by atoms with Crippen molar-refractivity contribution in [1.29, 1.82) is 0 Å². The number of hydrogen-bond acceptors (Lipinski definition) is 1. The molecule has 3 nitrogen and oxygen atoms in total. The van der Waals surface area contributed by atoms with Crippen LogP contribution in [0.5, 0.6) is 0 Å². The van der Waals surface area contributed by atoms with Crippen molar-refractivity contribution in [2.24, 2.45) is 0 Å². The maximum Gasteiger partial charge on any atom is 1.00 e. The van der Waals surface area contributed by atoms with Crippen molar-refractivity contribution in [2.45, 2.75) is 0 Å². The van der Waals surface area contributed by atoms with Gasteiger partial charge in [-0.3, -0.25) is 9.79 Å². The summed E-state index contributed by atoms with van der Waals surface area (Å²) in [7, 11) is -5.14. The van der Waals surface area contributed by atoms with E-state index in [1.54, 1.807) is 0 Å². The van der Waals surface area contributed by atoms with E-state index in [-0.39, 0.29) is 40.6 Å². The predicted octanol–water partition coefficient (Wildman–Crippen LogP) is -5.72. The molecule has 0 saturated heterocycles. The second kappa shape index (κ2) is 5.41. The second-order valence-electron chi connectivity index (χ2n) is 0.473. The van der Waals surface area contributed by atoms with Crippen molar-refractivity contribution in [1.82, 2.24) is 0 Å². The van der Waals surface area contributed by atoms with Crippen molar-refractivity contribution in [3.05, 3.63) is 0 Å². The maximum absolute atomic E-state index is 10.4. The van der Waals surface area contributed by atoms with E-state index in [0.29, 0.717) is 0 Å². The van der Waals surface area contributed by atoms with E-state index < -0.39 is 7.91 Å². The molecule has 0 amide bonds. The molecule has 0 aromatic rings. The number of halogens is 1. The van der Waals surface area contributed by atoms with Crippen LogP contribution >= 0.6 is 7.91 Å².